The van der Waals surface area contributed by atoms with Crippen molar-refractivity contribution >= 4 is 5.97 Å². The first-order valence-corrected chi connectivity index (χ1v) is 10.4. The second-order valence-corrected chi connectivity index (χ2v) is 7.49. The third kappa shape index (κ3) is 16.1. The van der Waals surface area contributed by atoms with E-state index in [0.29, 0.717) is 12.2 Å². The minimum absolute atomic E-state index is 0.256. The van der Waals surface area contributed by atoms with E-state index < -0.39 is 0 Å². The third-order valence-corrected chi connectivity index (χ3v) is 4.72. The maximum absolute atomic E-state index is 11.2. The molecule has 0 spiro atoms. The molecular formula is C22H42O2. The van der Waals surface area contributed by atoms with Gasteiger partial charge < -0.3 is 4.74 Å². The van der Waals surface area contributed by atoms with E-state index in [2.05, 4.69) is 20.4 Å². The van der Waals surface area contributed by atoms with E-state index >= 15 is 0 Å². The van der Waals surface area contributed by atoms with Crippen molar-refractivity contribution < 1.29 is 9.53 Å². The molecule has 0 radical (unpaired) electrons. The molecule has 0 aliphatic heterocycles. The van der Waals surface area contributed by atoms with Crippen LogP contribution in [0.15, 0.2) is 12.2 Å². The van der Waals surface area contributed by atoms with E-state index in [4.69, 9.17) is 4.74 Å². The Balaban J connectivity index is 3.25. The Morgan fingerprint density at radius 2 is 1.29 bits per heavy atom. The molecule has 0 amide bonds. The minimum atomic E-state index is -0.256. The lowest BCUT2D eigenvalue weighted by molar-refractivity contribution is -0.139. The number of ether oxygens (including phenoxy) is 1. The fourth-order valence-electron chi connectivity index (χ4n) is 3.01. The highest BCUT2D eigenvalue weighted by molar-refractivity contribution is 5.86. The molecule has 0 saturated carbocycles. The van der Waals surface area contributed by atoms with Crippen molar-refractivity contribution in [3.63, 3.8) is 0 Å². The van der Waals surface area contributed by atoms with E-state index in [1.54, 1.807) is 6.92 Å². The van der Waals surface area contributed by atoms with Crippen LogP contribution in [-0.2, 0) is 9.53 Å². The average molecular weight is 339 g/mol. The Bertz CT molecular complexity index is 309. The molecule has 0 aromatic carbocycles. The molecule has 1 atom stereocenters. The highest BCUT2D eigenvalue weighted by Crippen LogP contribution is 2.17. The van der Waals surface area contributed by atoms with Gasteiger partial charge in [0.15, 0.2) is 0 Å². The summed E-state index contributed by atoms with van der Waals surface area (Å²) in [4.78, 5) is 11.2. The van der Waals surface area contributed by atoms with Gasteiger partial charge in [0, 0.05) is 5.57 Å². The van der Waals surface area contributed by atoms with Crippen molar-refractivity contribution in [3.8, 4) is 0 Å². The van der Waals surface area contributed by atoms with E-state index in [9.17, 15) is 4.79 Å². The third-order valence-electron chi connectivity index (χ3n) is 4.72. The molecule has 0 bridgehead atoms. The van der Waals surface area contributed by atoms with Gasteiger partial charge >= 0.3 is 5.97 Å². The van der Waals surface area contributed by atoms with Gasteiger partial charge in [-0.15, -0.1) is 0 Å². The molecule has 0 N–H and O–H groups in total. The van der Waals surface area contributed by atoms with Crippen LogP contribution < -0.4 is 0 Å². The molecule has 0 fully saturated rings. The highest BCUT2D eigenvalue weighted by Gasteiger charge is 2.04. The highest BCUT2D eigenvalue weighted by atomic mass is 16.5. The second-order valence-electron chi connectivity index (χ2n) is 7.49. The van der Waals surface area contributed by atoms with Gasteiger partial charge in [-0.3, -0.25) is 0 Å². The number of unbranched alkanes of at least 4 members (excludes halogenated alkanes) is 10. The van der Waals surface area contributed by atoms with Crippen LogP contribution in [0.2, 0.25) is 0 Å². The predicted molar refractivity (Wildman–Crippen MR) is 105 cm³/mol. The van der Waals surface area contributed by atoms with Crippen molar-refractivity contribution in [1.82, 2.24) is 0 Å². The normalized spacial score (nSPS) is 12.1. The molecule has 0 aliphatic rings. The predicted octanol–water partition coefficient (Wildman–Crippen LogP) is 7.22. The Morgan fingerprint density at radius 1 is 0.833 bits per heavy atom. The largest absolute Gasteiger partial charge is 0.462 e. The van der Waals surface area contributed by atoms with E-state index in [1.165, 1.54) is 77.0 Å². The van der Waals surface area contributed by atoms with Gasteiger partial charge in [-0.2, -0.15) is 0 Å². The van der Waals surface area contributed by atoms with E-state index in [1.807, 2.05) is 0 Å². The topological polar surface area (TPSA) is 26.3 Å². The summed E-state index contributed by atoms with van der Waals surface area (Å²) < 4.78 is 5.11. The summed E-state index contributed by atoms with van der Waals surface area (Å²) in [5.74, 6) is 0.546. The molecular weight excluding hydrogens is 296 g/mol. The average Bonchev–Trinajstić information content (AvgIpc) is 2.55. The van der Waals surface area contributed by atoms with Gasteiger partial charge in [-0.05, 0) is 25.7 Å². The zero-order chi connectivity index (χ0) is 18.0. The molecule has 0 aromatic rings. The van der Waals surface area contributed by atoms with Crippen molar-refractivity contribution in [1.29, 1.82) is 0 Å². The van der Waals surface area contributed by atoms with Crippen LogP contribution in [0.1, 0.15) is 111 Å². The molecule has 1 unspecified atom stereocenters. The monoisotopic (exact) mass is 338 g/mol. The van der Waals surface area contributed by atoms with Gasteiger partial charge in [0.1, 0.15) is 0 Å². The molecule has 2 nitrogen and oxygen atoms in total. The molecule has 0 aliphatic carbocycles. The van der Waals surface area contributed by atoms with Crippen molar-refractivity contribution in [2.75, 3.05) is 6.61 Å². The minimum Gasteiger partial charge on any atom is -0.462 e. The number of rotatable bonds is 17. The molecule has 0 heterocycles. The Morgan fingerprint density at radius 3 is 1.79 bits per heavy atom. The summed E-state index contributed by atoms with van der Waals surface area (Å²) >= 11 is 0. The van der Waals surface area contributed by atoms with Crippen LogP contribution in [0.3, 0.4) is 0 Å². The van der Waals surface area contributed by atoms with E-state index in [-0.39, 0.29) is 5.97 Å². The SMILES string of the molecule is C=C(C)C(=O)OCCCCC(C)CCCCCCCCCCCC. The smallest absolute Gasteiger partial charge is 0.333 e. The summed E-state index contributed by atoms with van der Waals surface area (Å²) in [5.41, 5.74) is 0.490. The van der Waals surface area contributed by atoms with Gasteiger partial charge in [0.2, 0.25) is 0 Å². The first-order valence-electron chi connectivity index (χ1n) is 10.4. The number of esters is 1. The van der Waals surface area contributed by atoms with Crippen molar-refractivity contribution in [3.05, 3.63) is 12.2 Å². The van der Waals surface area contributed by atoms with Crippen LogP contribution in [0.25, 0.3) is 0 Å². The van der Waals surface area contributed by atoms with Gasteiger partial charge in [-0.1, -0.05) is 97.5 Å². The standard InChI is InChI=1S/C22H42O2/c1-5-6-7-8-9-10-11-12-13-14-17-21(4)18-15-16-19-24-22(23)20(2)3/h21H,2,5-19H2,1,3-4H3. The van der Waals surface area contributed by atoms with Gasteiger partial charge in [0.25, 0.3) is 0 Å². The summed E-state index contributed by atoms with van der Waals surface area (Å²) in [6.45, 7) is 10.4. The van der Waals surface area contributed by atoms with Crippen LogP contribution in [0.4, 0.5) is 0 Å². The fourth-order valence-corrected chi connectivity index (χ4v) is 3.01. The Labute approximate surface area is 151 Å². The molecule has 0 rings (SSSR count). The Hall–Kier alpha value is -0.790. The maximum atomic E-state index is 11.2. The van der Waals surface area contributed by atoms with Crippen LogP contribution in [0, 0.1) is 5.92 Å². The van der Waals surface area contributed by atoms with Crippen LogP contribution >= 0.6 is 0 Å². The van der Waals surface area contributed by atoms with Crippen LogP contribution in [0.5, 0.6) is 0 Å². The van der Waals surface area contributed by atoms with Gasteiger partial charge in [-0.25, -0.2) is 4.79 Å². The lowest BCUT2D eigenvalue weighted by Crippen LogP contribution is -2.06. The number of hydrogen-bond acceptors (Lipinski definition) is 2. The summed E-state index contributed by atoms with van der Waals surface area (Å²) in [6.07, 6.45) is 18.8. The fraction of sp³-hybridized carbons (Fsp3) is 0.864. The number of carbonyl (C=O) groups excluding carboxylic acids is 1. The lowest BCUT2D eigenvalue weighted by Gasteiger charge is -2.11. The quantitative estimate of drug-likeness (QED) is 0.159. The summed E-state index contributed by atoms with van der Waals surface area (Å²) in [6, 6.07) is 0. The second kappa shape index (κ2) is 17.0. The lowest BCUT2D eigenvalue weighted by atomic mass is 9.96. The summed E-state index contributed by atoms with van der Waals surface area (Å²) in [5, 5.41) is 0. The van der Waals surface area contributed by atoms with Gasteiger partial charge in [0.05, 0.1) is 6.61 Å². The molecule has 2 heteroatoms. The Kier molecular flexibility index (Phi) is 16.5. The first kappa shape index (κ1) is 23.2. The van der Waals surface area contributed by atoms with E-state index in [0.717, 1.165) is 18.8 Å². The number of carbonyl (C=O) groups is 1. The maximum Gasteiger partial charge on any atom is 0.333 e. The van der Waals surface area contributed by atoms with Crippen molar-refractivity contribution in [2.24, 2.45) is 5.92 Å². The van der Waals surface area contributed by atoms with Crippen molar-refractivity contribution in [2.45, 2.75) is 111 Å². The zero-order valence-corrected chi connectivity index (χ0v) is 16.7. The zero-order valence-electron chi connectivity index (χ0n) is 16.7. The summed E-state index contributed by atoms with van der Waals surface area (Å²) in [7, 11) is 0. The van der Waals surface area contributed by atoms with Crippen LogP contribution in [-0.4, -0.2) is 12.6 Å². The molecule has 142 valence electrons. The first-order chi connectivity index (χ1) is 11.6. The number of hydrogen-bond donors (Lipinski definition) is 0. The molecule has 24 heavy (non-hydrogen) atoms. The molecule has 0 saturated heterocycles. The molecule has 0 aromatic heterocycles.